The minimum absolute atomic E-state index is 0.288. The largest absolute Gasteiger partial charge is 0.326 e. The van der Waals surface area contributed by atoms with Gasteiger partial charge in [0.05, 0.1) is 11.6 Å². The molecule has 90 valence electrons. The van der Waals surface area contributed by atoms with E-state index in [2.05, 4.69) is 24.8 Å². The van der Waals surface area contributed by atoms with Gasteiger partial charge in [-0.25, -0.2) is 0 Å². The molecule has 1 aromatic rings. The second-order valence-electron chi connectivity index (χ2n) is 5.00. The van der Waals surface area contributed by atoms with E-state index in [4.69, 9.17) is 11.0 Å². The highest BCUT2D eigenvalue weighted by Crippen LogP contribution is 2.26. The number of nitriles is 1. The fraction of sp³-hybridized carbons (Fsp3) is 0.500. The van der Waals surface area contributed by atoms with Gasteiger partial charge in [-0.2, -0.15) is 5.26 Å². The zero-order chi connectivity index (χ0) is 12.4. The van der Waals surface area contributed by atoms with Gasteiger partial charge in [-0.15, -0.1) is 0 Å². The van der Waals surface area contributed by atoms with E-state index in [1.807, 2.05) is 24.3 Å². The number of likely N-dealkylation sites (tertiary alicyclic amines) is 1. The van der Waals surface area contributed by atoms with E-state index in [0.29, 0.717) is 17.5 Å². The van der Waals surface area contributed by atoms with Crippen LogP contribution >= 0.6 is 0 Å². The fourth-order valence-corrected chi connectivity index (χ4v) is 2.39. The van der Waals surface area contributed by atoms with Crippen LogP contribution in [0, 0.1) is 17.2 Å². The van der Waals surface area contributed by atoms with Crippen molar-refractivity contribution in [2.45, 2.75) is 25.9 Å². The summed E-state index contributed by atoms with van der Waals surface area (Å²) in [5, 5.41) is 8.77. The third-order valence-electron chi connectivity index (χ3n) is 3.77. The van der Waals surface area contributed by atoms with Crippen molar-refractivity contribution < 1.29 is 0 Å². The zero-order valence-corrected chi connectivity index (χ0v) is 10.4. The topological polar surface area (TPSA) is 53.0 Å². The molecule has 2 N–H and O–H groups in total. The molecule has 1 aromatic carbocycles. The number of nitrogens with zero attached hydrogens (tertiary/aromatic N) is 2. The van der Waals surface area contributed by atoms with Crippen LogP contribution in [0.1, 0.15) is 31.0 Å². The van der Waals surface area contributed by atoms with Gasteiger partial charge in [0.2, 0.25) is 0 Å². The summed E-state index contributed by atoms with van der Waals surface area (Å²) in [6.45, 7) is 6.42. The van der Waals surface area contributed by atoms with E-state index in [9.17, 15) is 0 Å². The van der Waals surface area contributed by atoms with Gasteiger partial charge in [0.25, 0.3) is 0 Å². The molecular formula is C14H19N3. The lowest BCUT2D eigenvalue weighted by Crippen LogP contribution is -2.29. The highest BCUT2D eigenvalue weighted by molar-refractivity contribution is 5.32. The van der Waals surface area contributed by atoms with Crippen LogP contribution in [0.15, 0.2) is 24.3 Å². The Labute approximate surface area is 103 Å². The van der Waals surface area contributed by atoms with Crippen molar-refractivity contribution in [2.75, 3.05) is 13.1 Å². The SMILES string of the molecule is CC1CN(C(C)c2ccc(C#N)cc2)CC1N. The van der Waals surface area contributed by atoms with Crippen molar-refractivity contribution in [3.8, 4) is 6.07 Å². The number of nitrogens with two attached hydrogens (primary N) is 1. The second-order valence-corrected chi connectivity index (χ2v) is 5.00. The monoisotopic (exact) mass is 229 g/mol. The molecule has 0 amide bonds. The van der Waals surface area contributed by atoms with Crippen LogP contribution in [0.2, 0.25) is 0 Å². The van der Waals surface area contributed by atoms with Crippen LogP contribution in [-0.2, 0) is 0 Å². The summed E-state index contributed by atoms with van der Waals surface area (Å²) in [6.07, 6.45) is 0. The van der Waals surface area contributed by atoms with Crippen molar-refractivity contribution in [3.05, 3.63) is 35.4 Å². The second kappa shape index (κ2) is 4.87. The van der Waals surface area contributed by atoms with Gasteiger partial charge in [0.1, 0.15) is 0 Å². The van der Waals surface area contributed by atoms with E-state index in [0.717, 1.165) is 13.1 Å². The molecular weight excluding hydrogens is 210 g/mol. The standard InChI is InChI=1S/C14H19N3/c1-10-8-17(9-14(10)16)11(2)13-5-3-12(7-15)4-6-13/h3-6,10-11,14H,8-9,16H2,1-2H3. The lowest BCUT2D eigenvalue weighted by Gasteiger charge is -2.24. The molecule has 1 heterocycles. The maximum atomic E-state index is 8.77. The molecule has 3 nitrogen and oxygen atoms in total. The highest BCUT2D eigenvalue weighted by Gasteiger charge is 2.29. The summed E-state index contributed by atoms with van der Waals surface area (Å²) in [5.41, 5.74) is 8.02. The van der Waals surface area contributed by atoms with E-state index in [-0.39, 0.29) is 6.04 Å². The molecule has 2 rings (SSSR count). The van der Waals surface area contributed by atoms with Crippen molar-refractivity contribution >= 4 is 0 Å². The van der Waals surface area contributed by atoms with E-state index in [1.54, 1.807) is 0 Å². The Balaban J connectivity index is 2.09. The quantitative estimate of drug-likeness (QED) is 0.842. The van der Waals surface area contributed by atoms with Gasteiger partial charge in [-0.05, 0) is 30.5 Å². The van der Waals surface area contributed by atoms with Crippen LogP contribution in [0.3, 0.4) is 0 Å². The molecule has 0 aliphatic carbocycles. The normalized spacial score (nSPS) is 26.7. The Morgan fingerprint density at radius 1 is 1.35 bits per heavy atom. The first-order chi connectivity index (χ1) is 8.11. The lowest BCUT2D eigenvalue weighted by atomic mass is 10.1. The first-order valence-electron chi connectivity index (χ1n) is 6.11. The zero-order valence-electron chi connectivity index (χ0n) is 10.4. The van der Waals surface area contributed by atoms with Gasteiger partial charge in [-0.3, -0.25) is 4.90 Å². The average Bonchev–Trinajstić information content (AvgIpc) is 2.69. The molecule has 1 fully saturated rings. The number of hydrogen-bond donors (Lipinski definition) is 1. The molecule has 1 aliphatic heterocycles. The summed E-state index contributed by atoms with van der Waals surface area (Å²) in [6, 6.07) is 10.6. The molecule has 0 saturated carbocycles. The number of rotatable bonds is 2. The molecule has 1 saturated heterocycles. The molecule has 0 aromatic heterocycles. The summed E-state index contributed by atoms with van der Waals surface area (Å²) in [4.78, 5) is 2.41. The predicted octanol–water partition coefficient (Wildman–Crippen LogP) is 1.90. The molecule has 0 spiro atoms. The summed E-state index contributed by atoms with van der Waals surface area (Å²) in [5.74, 6) is 0.566. The lowest BCUT2D eigenvalue weighted by molar-refractivity contribution is 0.253. The third-order valence-corrected chi connectivity index (χ3v) is 3.77. The highest BCUT2D eigenvalue weighted by atomic mass is 15.2. The minimum atomic E-state index is 0.288. The van der Waals surface area contributed by atoms with Crippen molar-refractivity contribution in [1.29, 1.82) is 5.26 Å². The summed E-state index contributed by atoms with van der Waals surface area (Å²) >= 11 is 0. The van der Waals surface area contributed by atoms with Crippen LogP contribution < -0.4 is 5.73 Å². The van der Waals surface area contributed by atoms with E-state index in [1.165, 1.54) is 5.56 Å². The predicted molar refractivity (Wildman–Crippen MR) is 68.3 cm³/mol. The average molecular weight is 229 g/mol. The molecule has 17 heavy (non-hydrogen) atoms. The third kappa shape index (κ3) is 2.49. The first kappa shape index (κ1) is 12.1. The fourth-order valence-electron chi connectivity index (χ4n) is 2.39. The van der Waals surface area contributed by atoms with Crippen molar-refractivity contribution in [2.24, 2.45) is 11.7 Å². The van der Waals surface area contributed by atoms with Gasteiger partial charge in [-0.1, -0.05) is 19.1 Å². The summed E-state index contributed by atoms with van der Waals surface area (Å²) in [7, 11) is 0. The minimum Gasteiger partial charge on any atom is -0.326 e. The number of benzene rings is 1. The van der Waals surface area contributed by atoms with Crippen LogP contribution in [-0.4, -0.2) is 24.0 Å². The maximum absolute atomic E-state index is 8.77. The van der Waals surface area contributed by atoms with Crippen molar-refractivity contribution in [1.82, 2.24) is 4.90 Å². The van der Waals surface area contributed by atoms with Gasteiger partial charge in [0, 0.05) is 25.2 Å². The smallest absolute Gasteiger partial charge is 0.0991 e. The molecule has 0 radical (unpaired) electrons. The maximum Gasteiger partial charge on any atom is 0.0991 e. The van der Waals surface area contributed by atoms with Crippen LogP contribution in [0.5, 0.6) is 0 Å². The Morgan fingerprint density at radius 2 is 2.00 bits per heavy atom. The Morgan fingerprint density at radius 3 is 2.47 bits per heavy atom. The Bertz CT molecular complexity index is 408. The Hall–Kier alpha value is -1.37. The molecule has 0 bridgehead atoms. The van der Waals surface area contributed by atoms with Gasteiger partial charge in [0.15, 0.2) is 0 Å². The summed E-state index contributed by atoms with van der Waals surface area (Å²) < 4.78 is 0. The first-order valence-corrected chi connectivity index (χ1v) is 6.11. The molecule has 1 aliphatic rings. The number of hydrogen-bond acceptors (Lipinski definition) is 3. The van der Waals surface area contributed by atoms with Crippen LogP contribution in [0.25, 0.3) is 0 Å². The van der Waals surface area contributed by atoms with Gasteiger partial charge >= 0.3 is 0 Å². The Kier molecular flexibility index (Phi) is 3.46. The molecule has 3 unspecified atom stereocenters. The van der Waals surface area contributed by atoms with E-state index >= 15 is 0 Å². The molecule has 3 heteroatoms. The molecule has 3 atom stereocenters. The van der Waals surface area contributed by atoms with Gasteiger partial charge < -0.3 is 5.73 Å². The van der Waals surface area contributed by atoms with E-state index < -0.39 is 0 Å². The van der Waals surface area contributed by atoms with Crippen LogP contribution in [0.4, 0.5) is 0 Å². The van der Waals surface area contributed by atoms with Crippen molar-refractivity contribution in [3.63, 3.8) is 0 Å².